The summed E-state index contributed by atoms with van der Waals surface area (Å²) < 4.78 is 0.123. The van der Waals surface area contributed by atoms with Gasteiger partial charge in [-0.1, -0.05) is 5.10 Å². The third kappa shape index (κ3) is 2.31. The van der Waals surface area contributed by atoms with Crippen molar-refractivity contribution in [1.29, 1.82) is 0 Å². The van der Waals surface area contributed by atoms with Gasteiger partial charge in [0.2, 0.25) is 0 Å². The highest BCUT2D eigenvalue weighted by Crippen LogP contribution is 2.27. The molecule has 0 aliphatic carbocycles. The molecule has 1 aromatic rings. The normalized spacial score (nSPS) is 15.9. The van der Waals surface area contributed by atoms with Gasteiger partial charge in [-0.15, -0.1) is 5.10 Å². The van der Waals surface area contributed by atoms with Crippen molar-refractivity contribution >= 4 is 27.7 Å². The van der Waals surface area contributed by atoms with Gasteiger partial charge in [0.15, 0.2) is 5.69 Å². The molecule has 1 aromatic heterocycles. The number of halogens is 1. The average Bonchev–Trinajstić information content (AvgIpc) is 2.71. The maximum Gasteiger partial charge on any atom is 0.357 e. The second-order valence-electron chi connectivity index (χ2n) is 3.84. The SMILES string of the molecule is O=C(c1n[nH]c([N+](=O)[O-])c1Br)N1CCCCC1. The maximum absolute atomic E-state index is 12.0. The van der Waals surface area contributed by atoms with Gasteiger partial charge in [0.25, 0.3) is 5.91 Å². The van der Waals surface area contributed by atoms with Crippen LogP contribution in [0.5, 0.6) is 0 Å². The summed E-state index contributed by atoms with van der Waals surface area (Å²) in [5, 5.41) is 16.6. The molecule has 1 aliphatic rings. The summed E-state index contributed by atoms with van der Waals surface area (Å²) in [6.45, 7) is 1.37. The second kappa shape index (κ2) is 4.82. The van der Waals surface area contributed by atoms with Crippen molar-refractivity contribution in [3.63, 3.8) is 0 Å². The van der Waals surface area contributed by atoms with E-state index in [0.29, 0.717) is 13.1 Å². The van der Waals surface area contributed by atoms with E-state index in [0.717, 1.165) is 19.3 Å². The van der Waals surface area contributed by atoms with E-state index in [2.05, 4.69) is 26.1 Å². The van der Waals surface area contributed by atoms with Crippen LogP contribution >= 0.6 is 15.9 Å². The molecule has 8 heteroatoms. The zero-order valence-electron chi connectivity index (χ0n) is 8.98. The summed E-state index contributed by atoms with van der Waals surface area (Å²) in [6.07, 6.45) is 3.05. The molecule has 1 fully saturated rings. The van der Waals surface area contributed by atoms with Crippen molar-refractivity contribution in [2.75, 3.05) is 13.1 Å². The van der Waals surface area contributed by atoms with Gasteiger partial charge in [-0.3, -0.25) is 4.79 Å². The van der Waals surface area contributed by atoms with Gasteiger partial charge >= 0.3 is 5.82 Å². The van der Waals surface area contributed by atoms with Crippen molar-refractivity contribution in [3.05, 3.63) is 20.3 Å². The number of hydrogen-bond donors (Lipinski definition) is 1. The number of rotatable bonds is 2. The Bertz CT molecular complexity index is 453. The van der Waals surface area contributed by atoms with Crippen molar-refractivity contribution in [2.45, 2.75) is 19.3 Å². The average molecular weight is 303 g/mol. The molecular weight excluding hydrogens is 292 g/mol. The molecule has 2 heterocycles. The fraction of sp³-hybridized carbons (Fsp3) is 0.556. The molecule has 1 N–H and O–H groups in total. The first-order valence-corrected chi connectivity index (χ1v) is 6.08. The number of aromatic nitrogens is 2. The first-order chi connectivity index (χ1) is 8.11. The van der Waals surface area contributed by atoms with Gasteiger partial charge < -0.3 is 15.0 Å². The van der Waals surface area contributed by atoms with E-state index in [1.807, 2.05) is 0 Å². The predicted molar refractivity (Wildman–Crippen MR) is 62.7 cm³/mol. The molecule has 92 valence electrons. The Morgan fingerprint density at radius 3 is 2.59 bits per heavy atom. The molecule has 0 radical (unpaired) electrons. The fourth-order valence-corrected chi connectivity index (χ4v) is 2.32. The lowest BCUT2D eigenvalue weighted by Gasteiger charge is -2.25. The summed E-state index contributed by atoms with van der Waals surface area (Å²) in [4.78, 5) is 23.7. The van der Waals surface area contributed by atoms with Gasteiger partial charge in [-0.2, -0.15) is 0 Å². The molecule has 1 aliphatic heterocycles. The zero-order valence-corrected chi connectivity index (χ0v) is 10.6. The summed E-state index contributed by atoms with van der Waals surface area (Å²) in [7, 11) is 0. The number of aromatic amines is 1. The van der Waals surface area contributed by atoms with E-state index < -0.39 is 4.92 Å². The standard InChI is InChI=1S/C9H11BrN4O3/c10-6-7(11-12-8(6)14(16)17)9(15)13-4-2-1-3-5-13/h1-5H2,(H,11,12). The largest absolute Gasteiger partial charge is 0.358 e. The van der Waals surface area contributed by atoms with Gasteiger partial charge in [0.05, 0.1) is 0 Å². The fourth-order valence-electron chi connectivity index (χ4n) is 1.83. The number of hydrogen-bond acceptors (Lipinski definition) is 4. The first-order valence-electron chi connectivity index (χ1n) is 5.29. The van der Waals surface area contributed by atoms with Crippen LogP contribution in [0.25, 0.3) is 0 Å². The summed E-state index contributed by atoms with van der Waals surface area (Å²) >= 11 is 3.04. The Morgan fingerprint density at radius 2 is 2.06 bits per heavy atom. The maximum atomic E-state index is 12.0. The van der Waals surface area contributed by atoms with Gasteiger partial charge in [0.1, 0.15) is 4.47 Å². The third-order valence-electron chi connectivity index (χ3n) is 2.72. The van der Waals surface area contributed by atoms with Crippen molar-refractivity contribution in [1.82, 2.24) is 15.1 Å². The molecule has 2 rings (SSSR count). The molecule has 1 amide bonds. The quantitative estimate of drug-likeness (QED) is 0.665. The number of amides is 1. The molecule has 0 unspecified atom stereocenters. The van der Waals surface area contributed by atoms with Crippen LogP contribution in [-0.4, -0.2) is 39.0 Å². The molecule has 0 spiro atoms. The Labute approximate surface area is 105 Å². The Hall–Kier alpha value is -1.44. The lowest BCUT2D eigenvalue weighted by atomic mass is 10.1. The van der Waals surface area contributed by atoms with E-state index in [1.165, 1.54) is 0 Å². The third-order valence-corrected chi connectivity index (χ3v) is 3.47. The highest BCUT2D eigenvalue weighted by molar-refractivity contribution is 9.10. The van der Waals surface area contributed by atoms with Crippen LogP contribution < -0.4 is 0 Å². The minimum atomic E-state index is -0.607. The molecule has 0 saturated carbocycles. The number of H-pyrrole nitrogens is 1. The van der Waals surface area contributed by atoms with Crippen LogP contribution in [0.2, 0.25) is 0 Å². The highest BCUT2D eigenvalue weighted by Gasteiger charge is 2.28. The predicted octanol–water partition coefficient (Wildman–Crippen LogP) is 1.71. The molecule has 0 bridgehead atoms. The van der Waals surface area contributed by atoms with Crippen molar-refractivity contribution < 1.29 is 9.72 Å². The van der Waals surface area contributed by atoms with E-state index >= 15 is 0 Å². The molecule has 1 saturated heterocycles. The molecule has 0 atom stereocenters. The molecule has 7 nitrogen and oxygen atoms in total. The minimum Gasteiger partial charge on any atom is -0.358 e. The Balaban J connectivity index is 2.21. The number of nitrogens with one attached hydrogen (secondary N) is 1. The second-order valence-corrected chi connectivity index (χ2v) is 4.64. The van der Waals surface area contributed by atoms with E-state index in [-0.39, 0.29) is 21.9 Å². The molecule has 17 heavy (non-hydrogen) atoms. The van der Waals surface area contributed by atoms with Crippen molar-refractivity contribution in [2.24, 2.45) is 0 Å². The lowest BCUT2D eigenvalue weighted by Crippen LogP contribution is -2.36. The summed E-state index contributed by atoms with van der Waals surface area (Å²) in [6, 6.07) is 0. The van der Waals surface area contributed by atoms with Crippen LogP contribution in [0, 0.1) is 10.1 Å². The monoisotopic (exact) mass is 302 g/mol. The topological polar surface area (TPSA) is 92.1 Å². The first kappa shape index (κ1) is 12.0. The molecular formula is C9H11BrN4O3. The van der Waals surface area contributed by atoms with E-state index in [4.69, 9.17) is 0 Å². The van der Waals surface area contributed by atoms with Gasteiger partial charge in [-0.25, -0.2) is 0 Å². The van der Waals surface area contributed by atoms with Crippen LogP contribution in [-0.2, 0) is 0 Å². The van der Waals surface area contributed by atoms with Gasteiger partial charge in [-0.05, 0) is 40.1 Å². The van der Waals surface area contributed by atoms with E-state index in [1.54, 1.807) is 4.90 Å². The van der Waals surface area contributed by atoms with Crippen LogP contribution in [0.1, 0.15) is 29.8 Å². The number of nitro groups is 1. The zero-order chi connectivity index (χ0) is 12.4. The van der Waals surface area contributed by atoms with Crippen LogP contribution in [0.3, 0.4) is 0 Å². The Morgan fingerprint density at radius 1 is 1.41 bits per heavy atom. The highest BCUT2D eigenvalue weighted by atomic mass is 79.9. The van der Waals surface area contributed by atoms with Crippen LogP contribution in [0.4, 0.5) is 5.82 Å². The smallest absolute Gasteiger partial charge is 0.357 e. The Kier molecular flexibility index (Phi) is 3.41. The molecule has 0 aromatic carbocycles. The summed E-state index contributed by atoms with van der Waals surface area (Å²) in [5.41, 5.74) is 0.0820. The lowest BCUT2D eigenvalue weighted by molar-refractivity contribution is -0.390. The number of carbonyl (C=O) groups excluding carboxylic acids is 1. The van der Waals surface area contributed by atoms with Crippen molar-refractivity contribution in [3.8, 4) is 0 Å². The van der Waals surface area contributed by atoms with E-state index in [9.17, 15) is 14.9 Å². The number of nitrogens with zero attached hydrogens (tertiary/aromatic N) is 3. The number of piperidine rings is 1. The summed E-state index contributed by atoms with van der Waals surface area (Å²) in [5.74, 6) is -0.550. The number of carbonyl (C=O) groups is 1. The number of likely N-dealkylation sites (tertiary alicyclic amines) is 1. The van der Waals surface area contributed by atoms with Crippen LogP contribution in [0.15, 0.2) is 4.47 Å². The van der Waals surface area contributed by atoms with Gasteiger partial charge in [0, 0.05) is 13.1 Å². The minimum absolute atomic E-state index is 0.0820.